The molecular formula is C16H26N2O3. The molecule has 3 saturated carbocycles. The standard InChI is InChI=1S/C16H26N2O3/c19-15(20)14(12-4-2-1-3-5-12)17-16(21)18(13-8-9-13)10-11-6-7-11/h11-14H,1-10H2,(H,17,21)(H,19,20). The Labute approximate surface area is 126 Å². The van der Waals surface area contributed by atoms with Gasteiger partial charge in [0.05, 0.1) is 0 Å². The van der Waals surface area contributed by atoms with Crippen molar-refractivity contribution < 1.29 is 14.7 Å². The first kappa shape index (κ1) is 14.7. The number of carbonyl (C=O) groups is 2. The summed E-state index contributed by atoms with van der Waals surface area (Å²) in [4.78, 5) is 25.9. The number of urea groups is 1. The first-order valence-corrected chi connectivity index (χ1v) is 8.45. The molecule has 21 heavy (non-hydrogen) atoms. The van der Waals surface area contributed by atoms with Crippen molar-refractivity contribution in [2.24, 2.45) is 11.8 Å². The van der Waals surface area contributed by atoms with Crippen molar-refractivity contribution in [2.45, 2.75) is 69.9 Å². The van der Waals surface area contributed by atoms with Crippen LogP contribution in [0.5, 0.6) is 0 Å². The summed E-state index contributed by atoms with van der Waals surface area (Å²) in [6.07, 6.45) is 9.75. The summed E-state index contributed by atoms with van der Waals surface area (Å²) in [5.41, 5.74) is 0. The third-order valence-corrected chi connectivity index (χ3v) is 5.07. The molecule has 1 unspecified atom stereocenters. The average molecular weight is 294 g/mol. The quantitative estimate of drug-likeness (QED) is 0.791. The average Bonchev–Trinajstić information content (AvgIpc) is 3.36. The molecule has 3 aliphatic rings. The van der Waals surface area contributed by atoms with Gasteiger partial charge in [-0.1, -0.05) is 19.3 Å². The highest BCUT2D eigenvalue weighted by molar-refractivity contribution is 5.83. The first-order chi connectivity index (χ1) is 10.1. The van der Waals surface area contributed by atoms with E-state index in [1.54, 1.807) is 0 Å². The minimum absolute atomic E-state index is 0.0992. The molecule has 5 heteroatoms. The van der Waals surface area contributed by atoms with Crippen molar-refractivity contribution >= 4 is 12.0 Å². The molecule has 2 N–H and O–H groups in total. The summed E-state index contributed by atoms with van der Waals surface area (Å²) in [5, 5.41) is 12.3. The largest absolute Gasteiger partial charge is 0.480 e. The van der Waals surface area contributed by atoms with Gasteiger partial charge in [-0.25, -0.2) is 9.59 Å². The molecule has 0 aromatic carbocycles. The summed E-state index contributed by atoms with van der Waals surface area (Å²) in [5.74, 6) is -0.131. The number of amides is 2. The summed E-state index contributed by atoms with van der Waals surface area (Å²) in [7, 11) is 0. The molecule has 3 fully saturated rings. The van der Waals surface area contributed by atoms with Crippen LogP contribution in [0.15, 0.2) is 0 Å². The molecule has 1 atom stereocenters. The fraction of sp³-hybridized carbons (Fsp3) is 0.875. The Morgan fingerprint density at radius 2 is 1.71 bits per heavy atom. The van der Waals surface area contributed by atoms with Crippen LogP contribution in [0, 0.1) is 11.8 Å². The number of aliphatic carboxylic acids is 1. The lowest BCUT2D eigenvalue weighted by Gasteiger charge is -2.31. The number of carbonyl (C=O) groups excluding carboxylic acids is 1. The molecule has 0 saturated heterocycles. The van der Waals surface area contributed by atoms with Gasteiger partial charge in [0.25, 0.3) is 0 Å². The predicted octanol–water partition coefficient (Wildman–Crippen LogP) is 2.60. The van der Waals surface area contributed by atoms with E-state index in [-0.39, 0.29) is 11.9 Å². The fourth-order valence-electron chi connectivity index (χ4n) is 3.43. The minimum atomic E-state index is -0.877. The van der Waals surface area contributed by atoms with Gasteiger partial charge < -0.3 is 15.3 Å². The Kier molecular flexibility index (Phi) is 4.36. The molecule has 2 amide bonds. The minimum Gasteiger partial charge on any atom is -0.480 e. The Morgan fingerprint density at radius 1 is 1.05 bits per heavy atom. The van der Waals surface area contributed by atoms with E-state index in [2.05, 4.69) is 5.32 Å². The summed E-state index contributed by atoms with van der Waals surface area (Å²) >= 11 is 0. The van der Waals surface area contributed by atoms with Crippen LogP contribution >= 0.6 is 0 Å². The van der Waals surface area contributed by atoms with Crippen molar-refractivity contribution in [1.82, 2.24) is 10.2 Å². The van der Waals surface area contributed by atoms with Gasteiger partial charge in [0.15, 0.2) is 0 Å². The Hall–Kier alpha value is -1.26. The van der Waals surface area contributed by atoms with E-state index in [9.17, 15) is 14.7 Å². The SMILES string of the molecule is O=C(O)C(NC(=O)N(CC1CC1)C1CC1)C1CCCCC1. The van der Waals surface area contributed by atoms with Gasteiger partial charge in [0.2, 0.25) is 0 Å². The fourth-order valence-corrected chi connectivity index (χ4v) is 3.43. The van der Waals surface area contributed by atoms with Gasteiger partial charge >= 0.3 is 12.0 Å². The van der Waals surface area contributed by atoms with Crippen LogP contribution in [0.2, 0.25) is 0 Å². The number of nitrogens with zero attached hydrogens (tertiary/aromatic N) is 1. The molecule has 0 aromatic rings. The second kappa shape index (κ2) is 6.24. The summed E-state index contributed by atoms with van der Waals surface area (Å²) < 4.78 is 0. The van der Waals surface area contributed by atoms with E-state index >= 15 is 0 Å². The molecule has 3 aliphatic carbocycles. The van der Waals surface area contributed by atoms with Gasteiger partial charge in [-0.3, -0.25) is 0 Å². The third kappa shape index (κ3) is 3.89. The van der Waals surface area contributed by atoms with E-state index in [0.717, 1.165) is 45.1 Å². The van der Waals surface area contributed by atoms with Crippen LogP contribution in [0.25, 0.3) is 0 Å². The molecule has 118 valence electrons. The maximum atomic E-state index is 12.5. The monoisotopic (exact) mass is 294 g/mol. The van der Waals surface area contributed by atoms with Crippen LogP contribution in [-0.2, 0) is 4.79 Å². The van der Waals surface area contributed by atoms with Crippen molar-refractivity contribution in [1.29, 1.82) is 0 Å². The molecular weight excluding hydrogens is 268 g/mol. The maximum absolute atomic E-state index is 12.5. The number of carboxylic acids is 1. The smallest absolute Gasteiger partial charge is 0.326 e. The second-order valence-electron chi connectivity index (χ2n) is 6.99. The van der Waals surface area contributed by atoms with Crippen molar-refractivity contribution in [3.05, 3.63) is 0 Å². The molecule has 0 heterocycles. The highest BCUT2D eigenvalue weighted by Crippen LogP contribution is 2.35. The normalized spacial score (nSPS) is 24.4. The maximum Gasteiger partial charge on any atom is 0.326 e. The molecule has 3 rings (SSSR count). The lowest BCUT2D eigenvalue weighted by Crippen LogP contribution is -2.52. The molecule has 0 aromatic heterocycles. The van der Waals surface area contributed by atoms with Gasteiger partial charge in [-0.2, -0.15) is 0 Å². The number of nitrogens with one attached hydrogen (secondary N) is 1. The first-order valence-electron chi connectivity index (χ1n) is 8.45. The Balaban J connectivity index is 1.59. The molecule has 0 radical (unpaired) electrons. The van der Waals surface area contributed by atoms with Crippen LogP contribution < -0.4 is 5.32 Å². The van der Waals surface area contributed by atoms with E-state index in [1.165, 1.54) is 19.3 Å². The second-order valence-corrected chi connectivity index (χ2v) is 6.99. The zero-order valence-corrected chi connectivity index (χ0v) is 12.6. The highest BCUT2D eigenvalue weighted by atomic mass is 16.4. The molecule has 0 aliphatic heterocycles. The topological polar surface area (TPSA) is 69.6 Å². The van der Waals surface area contributed by atoms with Crippen molar-refractivity contribution in [3.8, 4) is 0 Å². The van der Waals surface area contributed by atoms with Gasteiger partial charge in [0, 0.05) is 12.6 Å². The Bertz CT molecular complexity index is 398. The number of carboxylic acid groups (broad SMARTS) is 1. The zero-order valence-electron chi connectivity index (χ0n) is 12.6. The van der Waals surface area contributed by atoms with Crippen molar-refractivity contribution in [3.63, 3.8) is 0 Å². The Morgan fingerprint density at radius 3 is 2.24 bits per heavy atom. The van der Waals surface area contributed by atoms with Crippen LogP contribution in [0.4, 0.5) is 4.79 Å². The van der Waals surface area contributed by atoms with Gasteiger partial charge in [-0.15, -0.1) is 0 Å². The van der Waals surface area contributed by atoms with E-state index in [0.29, 0.717) is 12.0 Å². The number of hydrogen-bond donors (Lipinski definition) is 2. The predicted molar refractivity (Wildman–Crippen MR) is 79.0 cm³/mol. The van der Waals surface area contributed by atoms with E-state index in [4.69, 9.17) is 0 Å². The molecule has 0 bridgehead atoms. The lowest BCUT2D eigenvalue weighted by molar-refractivity contribution is -0.141. The van der Waals surface area contributed by atoms with E-state index < -0.39 is 12.0 Å². The molecule has 0 spiro atoms. The van der Waals surface area contributed by atoms with Gasteiger partial charge in [-0.05, 0) is 50.4 Å². The highest BCUT2D eigenvalue weighted by Gasteiger charge is 2.39. The lowest BCUT2D eigenvalue weighted by atomic mass is 9.84. The van der Waals surface area contributed by atoms with Crippen LogP contribution in [-0.4, -0.2) is 40.6 Å². The van der Waals surface area contributed by atoms with Crippen LogP contribution in [0.3, 0.4) is 0 Å². The summed E-state index contributed by atoms with van der Waals surface area (Å²) in [6.45, 7) is 0.813. The van der Waals surface area contributed by atoms with Crippen LogP contribution in [0.1, 0.15) is 57.8 Å². The third-order valence-electron chi connectivity index (χ3n) is 5.07. The van der Waals surface area contributed by atoms with Crippen molar-refractivity contribution in [2.75, 3.05) is 6.54 Å². The van der Waals surface area contributed by atoms with E-state index in [1.807, 2.05) is 4.90 Å². The molecule has 5 nitrogen and oxygen atoms in total. The zero-order chi connectivity index (χ0) is 14.8. The van der Waals surface area contributed by atoms with Gasteiger partial charge in [0.1, 0.15) is 6.04 Å². The summed E-state index contributed by atoms with van der Waals surface area (Å²) in [6, 6.07) is -0.507. The number of rotatable bonds is 6. The number of hydrogen-bond acceptors (Lipinski definition) is 2.